The molecule has 28 heteroatoms. The second-order valence-electron chi connectivity index (χ2n) is 25.2. The van der Waals surface area contributed by atoms with Crippen LogP contribution in [-0.2, 0) is 45.2 Å². The van der Waals surface area contributed by atoms with Crippen molar-refractivity contribution in [3.63, 3.8) is 0 Å². The van der Waals surface area contributed by atoms with Crippen LogP contribution in [-0.4, -0.2) is 171 Å². The molecule has 6 aromatic carbocycles. The number of benzene rings is 6. The van der Waals surface area contributed by atoms with Gasteiger partial charge in [-0.1, -0.05) is 71.9 Å². The van der Waals surface area contributed by atoms with Gasteiger partial charge in [0.2, 0.25) is 0 Å². The number of guanidine groups is 3. The van der Waals surface area contributed by atoms with Gasteiger partial charge in [-0.15, -0.1) is 0 Å². The first-order valence-electron chi connectivity index (χ1n) is 31.5. The largest absolute Gasteiger partial charge is 0.508 e. The molecule has 0 aromatic heterocycles. The zero-order valence-electron chi connectivity index (χ0n) is 54.1. The number of amides is 3. The Morgan fingerprint density at radius 3 is 1.17 bits per heavy atom. The summed E-state index contributed by atoms with van der Waals surface area (Å²) in [5.74, 6) is 3.93. The van der Waals surface area contributed by atoms with E-state index in [-0.39, 0.29) is 48.8 Å². The number of methoxy groups -OCH3 is 2. The number of phenolic OH excluding ortho intramolecular Hbond substituents is 1. The summed E-state index contributed by atoms with van der Waals surface area (Å²) in [6, 6.07) is 39.0. The number of ether oxygens (including phenoxy) is 8. The lowest BCUT2D eigenvalue weighted by Crippen LogP contribution is -2.55. The van der Waals surface area contributed by atoms with E-state index in [0.717, 1.165) is 100 Å². The highest BCUT2D eigenvalue weighted by molar-refractivity contribution is 9.10. The molecule has 3 fully saturated rings. The van der Waals surface area contributed by atoms with Crippen molar-refractivity contribution in [2.24, 2.45) is 32.2 Å². The van der Waals surface area contributed by atoms with Crippen LogP contribution in [0, 0.1) is 0 Å². The molecule has 0 radical (unpaired) electrons. The molecule has 0 aliphatic carbocycles. The molecule has 0 bridgehead atoms. The van der Waals surface area contributed by atoms with Crippen LogP contribution < -0.4 is 46.3 Å². The number of aromatic hydroxyl groups is 1. The predicted octanol–water partition coefficient (Wildman–Crippen LogP) is 8.00. The molecule has 9 aliphatic rings. The Hall–Kier alpha value is -8.93. The minimum Gasteiger partial charge on any atom is -0.508 e. The van der Waals surface area contributed by atoms with Gasteiger partial charge in [0, 0.05) is 81.4 Å². The Morgan fingerprint density at radius 1 is 0.520 bits per heavy atom. The Kier molecular flexibility index (Phi) is 21.2. The maximum Gasteiger partial charge on any atom is 0.488 e. The molecular weight excluding hydrogens is 1340 g/mol. The first kappa shape index (κ1) is 71.8. The number of nitrogens with zero attached hydrogens (tertiary/aromatic N) is 6. The number of carbonyl (C=O) groups is 3. The van der Waals surface area contributed by atoms with E-state index in [1.165, 1.54) is 32.9 Å². The molecule has 2 unspecified atom stereocenters. The lowest BCUT2D eigenvalue weighted by atomic mass is 9.74. The topological polar surface area (TPSA) is 311 Å². The average Bonchev–Trinajstić information content (AvgIpc) is 1.44. The predicted molar refractivity (Wildman–Crippen MR) is 365 cm³/mol. The number of likely N-dealkylation sites (N-methyl/N-ethyl adjacent to an activating group) is 3. The summed E-state index contributed by atoms with van der Waals surface area (Å²) in [4.78, 5) is 58.2. The molecule has 9 heterocycles. The van der Waals surface area contributed by atoms with E-state index in [2.05, 4.69) is 20.9 Å². The van der Waals surface area contributed by atoms with E-state index in [1.807, 2.05) is 103 Å². The van der Waals surface area contributed by atoms with Crippen LogP contribution in [0.25, 0.3) is 22.3 Å². The Labute approximate surface area is 574 Å². The second kappa shape index (κ2) is 28.9. The third kappa shape index (κ3) is 14.1. The molecule has 15 rings (SSSR count). The van der Waals surface area contributed by atoms with Crippen LogP contribution in [0.5, 0.6) is 34.5 Å². The molecule has 520 valence electrons. The van der Waals surface area contributed by atoms with Gasteiger partial charge in [-0.2, -0.15) is 13.2 Å². The first-order chi connectivity index (χ1) is 46.3. The quantitative estimate of drug-likeness (QED) is 0.0890. The zero-order chi connectivity index (χ0) is 69.2. The second-order valence-corrected chi connectivity index (χ2v) is 26.1. The number of alkyl halides is 3. The number of aliphatic imine (C=N–C) groups is 3. The number of fused-ring (bicyclic) bond motifs is 6. The average molecular weight is 1420 g/mol. The van der Waals surface area contributed by atoms with Crippen molar-refractivity contribution in [1.29, 1.82) is 0 Å². The fourth-order valence-corrected chi connectivity index (χ4v) is 14.4. The Bertz CT molecular complexity index is 3890. The molecule has 9 N–H and O–H groups in total. The van der Waals surface area contributed by atoms with Crippen LogP contribution in [0.15, 0.2) is 147 Å². The highest BCUT2D eigenvalue weighted by Crippen LogP contribution is 2.55. The molecule has 6 atom stereocenters. The summed E-state index contributed by atoms with van der Waals surface area (Å²) < 4.78 is 77.0. The molecule has 23 nitrogen and oxygen atoms in total. The summed E-state index contributed by atoms with van der Waals surface area (Å²) in [5.41, 5.74) is 19.7. The molecule has 9 aliphatic heterocycles. The van der Waals surface area contributed by atoms with Crippen molar-refractivity contribution < 1.29 is 80.6 Å². The number of rotatable bonds is 5. The van der Waals surface area contributed by atoms with E-state index in [0.29, 0.717) is 75.0 Å². The summed E-state index contributed by atoms with van der Waals surface area (Å²) in [6.45, 7) is -0.171. The number of hydrogen-bond acceptors (Lipinski definition) is 20. The highest BCUT2D eigenvalue weighted by Gasteiger charge is 2.61. The molecule has 3 amide bonds. The Morgan fingerprint density at radius 2 is 0.867 bits per heavy atom. The van der Waals surface area contributed by atoms with Gasteiger partial charge in [0.1, 0.15) is 51.3 Å². The van der Waals surface area contributed by atoms with Gasteiger partial charge in [-0.3, -0.25) is 29.1 Å². The number of nitrogens with two attached hydrogens (primary N) is 3. The van der Waals surface area contributed by atoms with E-state index < -0.39 is 47.2 Å². The van der Waals surface area contributed by atoms with E-state index in [1.54, 1.807) is 41.4 Å². The standard InChI is InChI=1S/2C23H25N3O4.C16H18BrN3O3.C6H7BO3.CHF3.CH4/c2*1-26-20(27)23(25-21(26)24)13-22(9-4-10-29-14-22)30-19-8-7-16(12-18(19)23)15-5-3-6-17(11-15)28-2;1-20-13(21)16(19-14(20)18)8-15(5-2-6-22-9-15)23-12-4-3-10(17)7-11(12)16;8-6-3-1-2-5(4-6)7(9)10;2-1(3)4;/h2*3,5-8,11-12H,4,9-10,13-14H2,1-2H3,(H2,24,25);3-4,7H,2,5-6,8-9H2,1H3,(H2,18,19);1-4,8-10H;1H;1H4/t22-,23+;22-,23-;;;;/m10..../s1. The zero-order valence-corrected chi connectivity index (χ0v) is 55.7. The summed E-state index contributed by atoms with van der Waals surface area (Å²) in [6.07, 6.45) is 6.44. The van der Waals surface area contributed by atoms with Gasteiger partial charge < -0.3 is 70.3 Å². The highest BCUT2D eigenvalue weighted by atomic mass is 79.9. The van der Waals surface area contributed by atoms with E-state index in [4.69, 9.17) is 80.2 Å². The van der Waals surface area contributed by atoms with Gasteiger partial charge in [0.15, 0.2) is 34.5 Å². The minimum absolute atomic E-state index is 0. The lowest BCUT2D eigenvalue weighted by Gasteiger charge is -2.46. The maximum atomic E-state index is 13.4. The molecule has 6 aromatic rings. The Balaban J connectivity index is 0.000000145. The van der Waals surface area contributed by atoms with Crippen molar-refractivity contribution in [1.82, 2.24) is 14.7 Å². The normalized spacial score (nSPS) is 26.0. The number of carbonyl (C=O) groups excluding carboxylic acids is 3. The lowest BCUT2D eigenvalue weighted by molar-refractivity contribution is -0.139. The minimum atomic E-state index is -3.67. The van der Waals surface area contributed by atoms with Gasteiger partial charge in [0.05, 0.1) is 34.0 Å². The first-order valence-corrected chi connectivity index (χ1v) is 32.3. The van der Waals surface area contributed by atoms with Gasteiger partial charge in [0.25, 0.3) is 17.7 Å². The molecular formula is C70H80BBrF3N9O14. The van der Waals surface area contributed by atoms with Gasteiger partial charge in [-0.05, 0) is 145 Å². The number of halogens is 4. The maximum absolute atomic E-state index is 13.4. The van der Waals surface area contributed by atoms with Crippen molar-refractivity contribution >= 4 is 64.1 Å². The number of hydrogen-bond donors (Lipinski definition) is 6. The van der Waals surface area contributed by atoms with Crippen molar-refractivity contribution in [2.45, 2.75) is 105 Å². The van der Waals surface area contributed by atoms with Crippen molar-refractivity contribution in [3.8, 4) is 56.8 Å². The van der Waals surface area contributed by atoms with Crippen LogP contribution in [0.3, 0.4) is 0 Å². The summed E-state index contributed by atoms with van der Waals surface area (Å²) in [7, 11) is 6.78. The summed E-state index contributed by atoms with van der Waals surface area (Å²) >= 11 is 3.47. The van der Waals surface area contributed by atoms with Crippen LogP contribution in [0.2, 0.25) is 0 Å². The van der Waals surface area contributed by atoms with E-state index in [9.17, 15) is 27.6 Å². The van der Waals surface area contributed by atoms with Gasteiger partial charge >= 0.3 is 13.8 Å². The van der Waals surface area contributed by atoms with E-state index >= 15 is 0 Å². The molecule has 3 saturated heterocycles. The van der Waals surface area contributed by atoms with Crippen LogP contribution in [0.1, 0.15) is 81.9 Å². The van der Waals surface area contributed by atoms with Gasteiger partial charge in [-0.25, -0.2) is 15.0 Å². The number of phenols is 1. The fourth-order valence-electron chi connectivity index (χ4n) is 14.1. The monoisotopic (exact) mass is 1420 g/mol. The fraction of sp³-hybridized carbons (Fsp3) is 0.400. The van der Waals surface area contributed by atoms with Crippen LogP contribution >= 0.6 is 15.9 Å². The third-order valence-corrected chi connectivity index (χ3v) is 19.2. The van der Waals surface area contributed by atoms with Crippen LogP contribution in [0.4, 0.5) is 13.2 Å². The molecule has 6 spiro atoms. The van der Waals surface area contributed by atoms with Crippen molar-refractivity contribution in [2.75, 3.05) is 75.0 Å². The molecule has 0 saturated carbocycles. The third-order valence-electron chi connectivity index (χ3n) is 18.7. The smallest absolute Gasteiger partial charge is 0.488 e. The van der Waals surface area contributed by atoms with Crippen molar-refractivity contribution in [3.05, 3.63) is 149 Å². The molecule has 98 heavy (non-hydrogen) atoms. The SMILES string of the molecule is C.CN1C(=O)C2(CC3(CCCOC3)Oc3ccc(Br)cc32)N=C1N.COc1cccc(-c2ccc3c(c2)[C@]2(C[C@@]4(CCCOC4)O3)N=C(N)N(C)C2=O)c1.COc1cccc(-c2ccc3c(c2)[C@]2(C[C@]4(CCCOC4)O3)N=C(N)N(C)C2=O)c1.FC(F)F.OB(O)c1cccc(O)c1. The summed E-state index contributed by atoms with van der Waals surface area (Å²) in [5, 5.41) is 26.0.